The summed E-state index contributed by atoms with van der Waals surface area (Å²) >= 11 is 3.50. The Morgan fingerprint density at radius 1 is 1.06 bits per heavy atom. The molecular weight excluding hydrogens is 494 g/mol. The van der Waals surface area contributed by atoms with Gasteiger partial charge in [0.1, 0.15) is 27.5 Å². The van der Waals surface area contributed by atoms with E-state index >= 15 is 0 Å². The first-order valence-electron chi connectivity index (χ1n) is 10.3. The van der Waals surface area contributed by atoms with E-state index in [1.165, 1.54) is 0 Å². The second-order valence-corrected chi connectivity index (χ2v) is 14.8. The van der Waals surface area contributed by atoms with Crippen LogP contribution in [0.5, 0.6) is 23.0 Å². The van der Waals surface area contributed by atoms with Crippen LogP contribution >= 0.6 is 15.9 Å². The zero-order chi connectivity index (χ0) is 23.7. The van der Waals surface area contributed by atoms with E-state index in [4.69, 9.17) is 23.7 Å². The average molecular weight is 527 g/mol. The zero-order valence-electron chi connectivity index (χ0n) is 19.5. The molecule has 0 aliphatic rings. The Morgan fingerprint density at radius 3 is 2.28 bits per heavy atom. The predicted octanol–water partition coefficient (Wildman–Crippen LogP) is 5.56. The number of hydrogen-bond donors (Lipinski definition) is 1. The minimum Gasteiger partial charge on any atom is -0.497 e. The van der Waals surface area contributed by atoms with E-state index in [1.54, 1.807) is 51.5 Å². The SMILES string of the molecule is COc1cc(NC(=O)[C@H](C)Oc2cccc(OCOCC[Si](C)(C)C)c2Br)cc(OC)c1. The Morgan fingerprint density at radius 2 is 1.69 bits per heavy atom. The van der Waals surface area contributed by atoms with Crippen LogP contribution in [0.25, 0.3) is 0 Å². The van der Waals surface area contributed by atoms with E-state index < -0.39 is 14.2 Å². The van der Waals surface area contributed by atoms with Gasteiger partial charge in [-0.05, 0) is 41.0 Å². The van der Waals surface area contributed by atoms with Crippen LogP contribution in [0, 0.1) is 0 Å². The highest BCUT2D eigenvalue weighted by atomic mass is 79.9. The van der Waals surface area contributed by atoms with Crippen molar-refractivity contribution in [3.05, 3.63) is 40.9 Å². The molecule has 32 heavy (non-hydrogen) atoms. The van der Waals surface area contributed by atoms with E-state index in [0.29, 0.717) is 39.8 Å². The lowest BCUT2D eigenvalue weighted by molar-refractivity contribution is -0.122. The summed E-state index contributed by atoms with van der Waals surface area (Å²) in [5, 5.41) is 2.82. The van der Waals surface area contributed by atoms with Crippen molar-refractivity contribution in [3.63, 3.8) is 0 Å². The molecule has 1 atom stereocenters. The molecule has 2 aromatic carbocycles. The third kappa shape index (κ3) is 8.37. The lowest BCUT2D eigenvalue weighted by Crippen LogP contribution is -2.30. The summed E-state index contributed by atoms with van der Waals surface area (Å²) in [6.07, 6.45) is -0.758. The van der Waals surface area contributed by atoms with Crippen molar-refractivity contribution in [2.45, 2.75) is 38.7 Å². The smallest absolute Gasteiger partial charge is 0.265 e. The van der Waals surface area contributed by atoms with Crippen molar-refractivity contribution < 1.29 is 28.5 Å². The number of benzene rings is 2. The number of halogens is 1. The molecule has 0 aliphatic heterocycles. The number of rotatable bonds is 12. The van der Waals surface area contributed by atoms with Gasteiger partial charge in [-0.1, -0.05) is 25.7 Å². The zero-order valence-corrected chi connectivity index (χ0v) is 22.1. The Hall–Kier alpha value is -2.23. The Balaban J connectivity index is 1.95. The van der Waals surface area contributed by atoms with Gasteiger partial charge in [0, 0.05) is 38.6 Å². The summed E-state index contributed by atoms with van der Waals surface area (Å²) in [7, 11) is 1.97. The second-order valence-electron chi connectivity index (χ2n) is 8.40. The molecule has 1 N–H and O–H groups in total. The topological polar surface area (TPSA) is 75.3 Å². The van der Waals surface area contributed by atoms with E-state index in [2.05, 4.69) is 40.9 Å². The lowest BCUT2D eigenvalue weighted by Gasteiger charge is -2.18. The molecule has 0 unspecified atom stereocenters. The van der Waals surface area contributed by atoms with Crippen LogP contribution in [-0.2, 0) is 9.53 Å². The maximum Gasteiger partial charge on any atom is 0.265 e. The number of carbonyl (C=O) groups excluding carboxylic acids is 1. The molecule has 1 amide bonds. The fourth-order valence-electron chi connectivity index (χ4n) is 2.60. The normalized spacial score (nSPS) is 12.1. The van der Waals surface area contributed by atoms with Gasteiger partial charge < -0.3 is 29.0 Å². The number of ether oxygens (including phenoxy) is 5. The highest BCUT2D eigenvalue weighted by molar-refractivity contribution is 9.10. The van der Waals surface area contributed by atoms with Gasteiger partial charge in [-0.3, -0.25) is 4.79 Å². The predicted molar refractivity (Wildman–Crippen MR) is 132 cm³/mol. The fraction of sp³-hybridized carbons (Fsp3) is 0.435. The molecule has 2 rings (SSSR count). The van der Waals surface area contributed by atoms with E-state index in [9.17, 15) is 4.79 Å². The molecule has 0 heterocycles. The van der Waals surface area contributed by atoms with Crippen LogP contribution in [0.1, 0.15) is 6.92 Å². The molecule has 9 heteroatoms. The summed E-state index contributed by atoms with van der Waals surface area (Å²) in [6, 6.07) is 11.6. The summed E-state index contributed by atoms with van der Waals surface area (Å²) in [4.78, 5) is 12.7. The molecule has 0 saturated carbocycles. The summed E-state index contributed by atoms with van der Waals surface area (Å²) in [5.41, 5.74) is 0.549. The van der Waals surface area contributed by atoms with Crippen LogP contribution in [0.4, 0.5) is 5.69 Å². The second kappa shape index (κ2) is 12.1. The minimum absolute atomic E-state index is 0.153. The number of anilines is 1. The maximum atomic E-state index is 12.7. The van der Waals surface area contributed by atoms with Crippen LogP contribution in [0.3, 0.4) is 0 Å². The molecule has 2 aromatic rings. The summed E-state index contributed by atoms with van der Waals surface area (Å²) < 4.78 is 28.3. The van der Waals surface area contributed by atoms with E-state index in [1.807, 2.05) is 6.07 Å². The molecular formula is C23H32BrNO6Si. The third-order valence-corrected chi connectivity index (χ3v) is 7.00. The molecule has 7 nitrogen and oxygen atoms in total. The largest absolute Gasteiger partial charge is 0.497 e. The Labute approximate surface area is 199 Å². The molecule has 0 bridgehead atoms. The van der Waals surface area contributed by atoms with Crippen molar-refractivity contribution >= 4 is 35.6 Å². The Bertz CT molecular complexity index is 880. The Kier molecular flexibility index (Phi) is 9.86. The van der Waals surface area contributed by atoms with Crippen molar-refractivity contribution in [1.29, 1.82) is 0 Å². The first-order chi connectivity index (χ1) is 15.1. The molecule has 0 spiro atoms. The van der Waals surface area contributed by atoms with Gasteiger partial charge >= 0.3 is 0 Å². The third-order valence-electron chi connectivity index (χ3n) is 4.51. The first kappa shape index (κ1) is 26.0. The van der Waals surface area contributed by atoms with Crippen molar-refractivity contribution in [1.82, 2.24) is 0 Å². The number of amides is 1. The standard InChI is InChI=1S/C23H32BrNO6Si/c1-16(23(26)25-17-12-18(27-2)14-19(13-17)28-3)31-21-9-7-8-20(22(21)24)30-15-29-10-11-32(4,5)6/h7-9,12-14,16H,10-11,15H2,1-6H3,(H,25,26)/t16-/m0/s1. The lowest BCUT2D eigenvalue weighted by atomic mass is 10.2. The molecule has 0 aromatic heterocycles. The first-order valence-corrected chi connectivity index (χ1v) is 14.8. The monoisotopic (exact) mass is 525 g/mol. The van der Waals surface area contributed by atoms with E-state index in [0.717, 1.165) is 6.04 Å². The molecule has 0 radical (unpaired) electrons. The van der Waals surface area contributed by atoms with Gasteiger partial charge in [0.25, 0.3) is 5.91 Å². The quantitative estimate of drug-likeness (QED) is 0.222. The fourth-order valence-corrected chi connectivity index (χ4v) is 3.83. The van der Waals surface area contributed by atoms with Gasteiger partial charge in [0.15, 0.2) is 12.9 Å². The van der Waals surface area contributed by atoms with Crippen molar-refractivity contribution in [2.75, 3.05) is 32.9 Å². The van der Waals surface area contributed by atoms with Crippen molar-refractivity contribution in [2.24, 2.45) is 0 Å². The highest BCUT2D eigenvalue weighted by Crippen LogP contribution is 2.35. The molecule has 0 saturated heterocycles. The van der Waals surface area contributed by atoms with Crippen LogP contribution in [0.2, 0.25) is 25.7 Å². The van der Waals surface area contributed by atoms with Gasteiger partial charge in [-0.15, -0.1) is 0 Å². The summed E-state index contributed by atoms with van der Waals surface area (Å²) in [6.45, 7) is 9.41. The maximum absolute atomic E-state index is 12.7. The molecule has 0 fully saturated rings. The molecule has 0 aliphatic carbocycles. The van der Waals surface area contributed by atoms with Gasteiger partial charge in [-0.2, -0.15) is 0 Å². The van der Waals surface area contributed by atoms with Crippen molar-refractivity contribution in [3.8, 4) is 23.0 Å². The van der Waals surface area contributed by atoms with Gasteiger partial charge in [-0.25, -0.2) is 0 Å². The number of hydrogen-bond acceptors (Lipinski definition) is 6. The minimum atomic E-state index is -1.14. The van der Waals surface area contributed by atoms with E-state index in [-0.39, 0.29) is 12.7 Å². The number of carbonyl (C=O) groups is 1. The van der Waals surface area contributed by atoms with Crippen LogP contribution < -0.4 is 24.3 Å². The van der Waals surface area contributed by atoms with Gasteiger partial charge in [0.2, 0.25) is 0 Å². The number of methoxy groups -OCH3 is 2. The van der Waals surface area contributed by atoms with Gasteiger partial charge in [0.05, 0.1) is 14.2 Å². The number of nitrogens with one attached hydrogen (secondary N) is 1. The average Bonchev–Trinajstić information content (AvgIpc) is 2.74. The summed E-state index contributed by atoms with van der Waals surface area (Å²) in [5.74, 6) is 1.92. The molecule has 176 valence electrons. The van der Waals surface area contributed by atoms with Crippen LogP contribution in [0.15, 0.2) is 40.9 Å². The highest BCUT2D eigenvalue weighted by Gasteiger charge is 2.19. The van der Waals surface area contributed by atoms with Crippen LogP contribution in [-0.4, -0.2) is 47.7 Å².